The predicted molar refractivity (Wildman–Crippen MR) is 63.5 cm³/mol. The van der Waals surface area contributed by atoms with Crippen LogP contribution in [0.1, 0.15) is 20.8 Å². The van der Waals surface area contributed by atoms with E-state index in [1.807, 2.05) is 13.8 Å². The average molecular weight is 244 g/mol. The van der Waals surface area contributed by atoms with Crippen LogP contribution in [0.4, 0.5) is 0 Å². The van der Waals surface area contributed by atoms with Gasteiger partial charge < -0.3 is 21.2 Å². The molecular formula is C10H20N4O3. The molecule has 0 aliphatic rings. The van der Waals surface area contributed by atoms with Gasteiger partial charge in [0.05, 0.1) is 12.5 Å². The Morgan fingerprint density at radius 1 is 1.41 bits per heavy atom. The molecule has 0 aromatic carbocycles. The first-order chi connectivity index (χ1) is 7.79. The van der Waals surface area contributed by atoms with Gasteiger partial charge in [-0.1, -0.05) is 5.16 Å². The number of nitrogens with two attached hydrogens (primary N) is 1. The lowest BCUT2D eigenvalue weighted by Crippen LogP contribution is -2.44. The molecule has 0 aliphatic carbocycles. The van der Waals surface area contributed by atoms with Crippen LogP contribution in [0.5, 0.6) is 0 Å². The molecule has 0 aromatic heterocycles. The van der Waals surface area contributed by atoms with E-state index in [1.54, 1.807) is 0 Å². The third-order valence-electron chi connectivity index (χ3n) is 2.14. The van der Waals surface area contributed by atoms with Crippen molar-refractivity contribution in [3.63, 3.8) is 0 Å². The zero-order chi connectivity index (χ0) is 13.6. The van der Waals surface area contributed by atoms with Gasteiger partial charge in [-0.3, -0.25) is 9.59 Å². The Hall–Kier alpha value is -1.79. The molecule has 4 N–H and O–H groups in total. The highest BCUT2D eigenvalue weighted by Gasteiger charge is 2.22. The van der Waals surface area contributed by atoms with E-state index in [0.29, 0.717) is 0 Å². The quantitative estimate of drug-likeness (QED) is 0.258. The lowest BCUT2D eigenvalue weighted by molar-refractivity contribution is -0.136. The summed E-state index contributed by atoms with van der Waals surface area (Å²) in [7, 11) is 1.49. The van der Waals surface area contributed by atoms with E-state index in [0.717, 1.165) is 0 Å². The summed E-state index contributed by atoms with van der Waals surface area (Å²) in [6.45, 7) is 5.12. The minimum absolute atomic E-state index is 0.0208. The van der Waals surface area contributed by atoms with Gasteiger partial charge in [-0.25, -0.2) is 0 Å². The van der Waals surface area contributed by atoms with Crippen LogP contribution in [0.3, 0.4) is 0 Å². The van der Waals surface area contributed by atoms with Crippen molar-refractivity contribution >= 4 is 17.6 Å². The van der Waals surface area contributed by atoms with E-state index in [-0.39, 0.29) is 30.2 Å². The molecule has 0 fully saturated rings. The Morgan fingerprint density at radius 2 is 1.94 bits per heavy atom. The molecule has 0 aliphatic heterocycles. The molecule has 0 saturated carbocycles. The highest BCUT2D eigenvalue weighted by molar-refractivity contribution is 6.02. The SMILES string of the molecule is CC(C)NC(=O)CN(C)C(=O)C(C)C(N)=NO. The maximum Gasteiger partial charge on any atom is 0.239 e. The predicted octanol–water partition coefficient (Wildman–Crippen LogP) is -0.648. The van der Waals surface area contributed by atoms with Gasteiger partial charge in [-0.15, -0.1) is 0 Å². The van der Waals surface area contributed by atoms with E-state index in [4.69, 9.17) is 10.9 Å². The zero-order valence-electron chi connectivity index (χ0n) is 10.6. The maximum atomic E-state index is 11.7. The maximum absolute atomic E-state index is 11.7. The zero-order valence-corrected chi connectivity index (χ0v) is 10.6. The minimum Gasteiger partial charge on any atom is -0.409 e. The molecule has 0 aromatic rings. The van der Waals surface area contributed by atoms with Crippen LogP contribution in [0.15, 0.2) is 5.16 Å². The number of likely N-dealkylation sites (N-methyl/N-ethyl adjacent to an activating group) is 1. The molecule has 1 atom stereocenters. The third-order valence-corrected chi connectivity index (χ3v) is 2.14. The van der Waals surface area contributed by atoms with Crippen LogP contribution in [0.2, 0.25) is 0 Å². The Morgan fingerprint density at radius 3 is 2.35 bits per heavy atom. The molecule has 7 nitrogen and oxygen atoms in total. The summed E-state index contributed by atoms with van der Waals surface area (Å²) in [4.78, 5) is 24.4. The molecule has 0 radical (unpaired) electrons. The molecule has 2 amide bonds. The number of hydrogen-bond donors (Lipinski definition) is 3. The van der Waals surface area contributed by atoms with Crippen molar-refractivity contribution in [3.8, 4) is 0 Å². The number of nitrogens with zero attached hydrogens (tertiary/aromatic N) is 2. The van der Waals surface area contributed by atoms with Crippen LogP contribution >= 0.6 is 0 Å². The molecule has 98 valence electrons. The Labute approximate surface area is 101 Å². The van der Waals surface area contributed by atoms with Crippen molar-refractivity contribution in [2.75, 3.05) is 13.6 Å². The van der Waals surface area contributed by atoms with Crippen molar-refractivity contribution in [2.24, 2.45) is 16.8 Å². The topological polar surface area (TPSA) is 108 Å². The number of amides is 2. The molecule has 0 rings (SSSR count). The standard InChI is InChI=1S/C10H20N4O3/c1-6(2)12-8(15)5-14(4)10(16)7(3)9(11)13-17/h6-7,17H,5H2,1-4H3,(H2,11,13)(H,12,15). The summed E-state index contributed by atoms with van der Waals surface area (Å²) in [5.41, 5.74) is 5.32. The number of rotatable bonds is 5. The van der Waals surface area contributed by atoms with E-state index in [2.05, 4.69) is 10.5 Å². The fourth-order valence-electron chi connectivity index (χ4n) is 1.20. The lowest BCUT2D eigenvalue weighted by Gasteiger charge is -2.20. The fourth-order valence-corrected chi connectivity index (χ4v) is 1.20. The number of amidine groups is 1. The molecule has 1 unspecified atom stereocenters. The van der Waals surface area contributed by atoms with Crippen molar-refractivity contribution in [1.29, 1.82) is 0 Å². The van der Waals surface area contributed by atoms with Crippen LogP contribution in [-0.2, 0) is 9.59 Å². The molecule has 17 heavy (non-hydrogen) atoms. The van der Waals surface area contributed by atoms with Crippen LogP contribution < -0.4 is 11.1 Å². The molecule has 0 saturated heterocycles. The monoisotopic (exact) mass is 244 g/mol. The van der Waals surface area contributed by atoms with Crippen LogP contribution in [-0.4, -0.2) is 47.4 Å². The lowest BCUT2D eigenvalue weighted by atomic mass is 10.1. The summed E-state index contributed by atoms with van der Waals surface area (Å²) in [5, 5.41) is 13.9. The van der Waals surface area contributed by atoms with Crippen molar-refractivity contribution in [1.82, 2.24) is 10.2 Å². The van der Waals surface area contributed by atoms with Gasteiger partial charge in [0, 0.05) is 13.1 Å². The summed E-state index contributed by atoms with van der Waals surface area (Å²) >= 11 is 0. The van der Waals surface area contributed by atoms with Gasteiger partial charge in [0.15, 0.2) is 5.84 Å². The Kier molecular flexibility index (Phi) is 6.01. The second kappa shape index (κ2) is 6.72. The molecule has 7 heteroatoms. The summed E-state index contributed by atoms with van der Waals surface area (Å²) in [5.74, 6) is -1.55. The number of hydrogen-bond acceptors (Lipinski definition) is 4. The van der Waals surface area contributed by atoms with Crippen LogP contribution in [0, 0.1) is 5.92 Å². The van der Waals surface area contributed by atoms with Crippen molar-refractivity contribution in [3.05, 3.63) is 0 Å². The van der Waals surface area contributed by atoms with Crippen molar-refractivity contribution < 1.29 is 14.8 Å². The number of oxime groups is 1. The van der Waals surface area contributed by atoms with Gasteiger partial charge in [0.1, 0.15) is 0 Å². The molecule has 0 spiro atoms. The molecular weight excluding hydrogens is 224 g/mol. The van der Waals surface area contributed by atoms with E-state index < -0.39 is 5.92 Å². The van der Waals surface area contributed by atoms with Crippen molar-refractivity contribution in [2.45, 2.75) is 26.8 Å². The second-order valence-corrected chi connectivity index (χ2v) is 4.16. The minimum atomic E-state index is -0.753. The Balaban J connectivity index is 4.37. The normalized spacial score (nSPS) is 13.4. The largest absolute Gasteiger partial charge is 0.409 e. The van der Waals surface area contributed by atoms with E-state index in [1.165, 1.54) is 18.9 Å². The first-order valence-electron chi connectivity index (χ1n) is 5.31. The summed E-state index contributed by atoms with van der Waals surface area (Å²) < 4.78 is 0. The number of carbonyl (C=O) groups is 2. The second-order valence-electron chi connectivity index (χ2n) is 4.16. The first kappa shape index (κ1) is 15.2. The number of nitrogens with one attached hydrogen (secondary N) is 1. The van der Waals surface area contributed by atoms with Gasteiger partial charge in [-0.05, 0) is 20.8 Å². The fraction of sp³-hybridized carbons (Fsp3) is 0.700. The van der Waals surface area contributed by atoms with Gasteiger partial charge >= 0.3 is 0 Å². The first-order valence-corrected chi connectivity index (χ1v) is 5.31. The highest BCUT2D eigenvalue weighted by atomic mass is 16.4. The summed E-state index contributed by atoms with van der Waals surface area (Å²) in [6.07, 6.45) is 0. The average Bonchev–Trinajstić information content (AvgIpc) is 2.24. The number of carbonyl (C=O) groups excluding carboxylic acids is 2. The van der Waals surface area contributed by atoms with Crippen LogP contribution in [0.25, 0.3) is 0 Å². The third kappa shape index (κ3) is 5.19. The Bertz CT molecular complexity index is 315. The van der Waals surface area contributed by atoms with Gasteiger partial charge in [0.2, 0.25) is 11.8 Å². The molecule has 0 bridgehead atoms. The smallest absolute Gasteiger partial charge is 0.239 e. The van der Waals surface area contributed by atoms with Gasteiger partial charge in [-0.2, -0.15) is 0 Å². The van der Waals surface area contributed by atoms with E-state index >= 15 is 0 Å². The van der Waals surface area contributed by atoms with E-state index in [9.17, 15) is 9.59 Å². The molecule has 0 heterocycles. The summed E-state index contributed by atoms with van der Waals surface area (Å²) in [6, 6.07) is 0.0208. The highest BCUT2D eigenvalue weighted by Crippen LogP contribution is 2.00. The van der Waals surface area contributed by atoms with Gasteiger partial charge in [0.25, 0.3) is 0 Å².